The Bertz CT molecular complexity index is 497. The van der Waals surface area contributed by atoms with E-state index in [0.29, 0.717) is 4.90 Å². The molecule has 0 aromatic carbocycles. The Balaban J connectivity index is 2.36. The van der Waals surface area contributed by atoms with Crippen LogP contribution < -0.4 is 4.90 Å². The van der Waals surface area contributed by atoms with Crippen molar-refractivity contribution in [1.29, 1.82) is 0 Å². The number of amides is 1. The van der Waals surface area contributed by atoms with Crippen LogP contribution in [0.2, 0.25) is 0 Å². The number of anilines is 1. The maximum Gasteiger partial charge on any atom is 0.471 e. The summed E-state index contributed by atoms with van der Waals surface area (Å²) in [6.07, 6.45) is -3.83. The summed E-state index contributed by atoms with van der Waals surface area (Å²) in [5.41, 5.74) is 0. The van der Waals surface area contributed by atoms with Crippen LogP contribution in [0.5, 0.6) is 0 Å². The van der Waals surface area contributed by atoms with E-state index < -0.39 is 30.5 Å². The molecule has 0 saturated carbocycles. The van der Waals surface area contributed by atoms with E-state index in [-0.39, 0.29) is 12.4 Å². The Morgan fingerprint density at radius 1 is 1.39 bits per heavy atom. The van der Waals surface area contributed by atoms with Crippen molar-refractivity contribution in [2.45, 2.75) is 12.7 Å². The van der Waals surface area contributed by atoms with Crippen molar-refractivity contribution in [2.24, 2.45) is 5.92 Å². The van der Waals surface area contributed by atoms with Crippen LogP contribution in [0.25, 0.3) is 0 Å². The number of carboxylic acid groups (broad SMARTS) is 1. The van der Waals surface area contributed by atoms with E-state index in [4.69, 9.17) is 5.11 Å². The average molecular weight is 263 g/mol. The molecule has 0 saturated heterocycles. The number of nitrogens with zero attached hydrogens (tertiary/aromatic N) is 3. The van der Waals surface area contributed by atoms with Gasteiger partial charge in [0.25, 0.3) is 0 Å². The molecular weight excluding hydrogens is 255 g/mol. The zero-order chi connectivity index (χ0) is 13.5. The lowest BCUT2D eigenvalue weighted by Gasteiger charge is -2.31. The summed E-state index contributed by atoms with van der Waals surface area (Å²) >= 11 is 0. The summed E-state index contributed by atoms with van der Waals surface area (Å²) in [4.78, 5) is 22.5. The van der Waals surface area contributed by atoms with Gasteiger partial charge in [0.1, 0.15) is 5.82 Å². The SMILES string of the molecule is O=C(O)C1CN(C(=O)C(F)(F)F)c2ccnn2C1. The maximum atomic E-state index is 12.4. The molecule has 1 aromatic rings. The molecule has 0 bridgehead atoms. The van der Waals surface area contributed by atoms with Gasteiger partial charge in [0.05, 0.1) is 18.7 Å². The first kappa shape index (κ1) is 12.4. The smallest absolute Gasteiger partial charge is 0.471 e. The zero-order valence-corrected chi connectivity index (χ0v) is 8.89. The third-order valence-electron chi connectivity index (χ3n) is 2.60. The molecule has 0 radical (unpaired) electrons. The zero-order valence-electron chi connectivity index (χ0n) is 8.89. The van der Waals surface area contributed by atoms with Crippen LogP contribution in [0.15, 0.2) is 12.3 Å². The molecule has 1 aliphatic rings. The molecule has 9 heteroatoms. The van der Waals surface area contributed by atoms with E-state index in [1.807, 2.05) is 0 Å². The van der Waals surface area contributed by atoms with Crippen molar-refractivity contribution in [2.75, 3.05) is 11.4 Å². The summed E-state index contributed by atoms with van der Waals surface area (Å²) in [5, 5.41) is 12.5. The molecule has 1 aliphatic heterocycles. The summed E-state index contributed by atoms with van der Waals surface area (Å²) in [7, 11) is 0. The van der Waals surface area contributed by atoms with Gasteiger partial charge in [0.2, 0.25) is 0 Å². The van der Waals surface area contributed by atoms with Crippen molar-refractivity contribution >= 4 is 17.7 Å². The van der Waals surface area contributed by atoms with Crippen LogP contribution >= 0.6 is 0 Å². The summed E-state index contributed by atoms with van der Waals surface area (Å²) < 4.78 is 38.3. The second kappa shape index (κ2) is 4.00. The molecule has 2 heterocycles. The van der Waals surface area contributed by atoms with Crippen LogP contribution in [0.1, 0.15) is 0 Å². The van der Waals surface area contributed by atoms with Crippen LogP contribution in [-0.4, -0.2) is 39.5 Å². The van der Waals surface area contributed by atoms with Crippen LogP contribution in [0, 0.1) is 5.92 Å². The number of hydrogen-bond acceptors (Lipinski definition) is 3. The first-order valence-corrected chi connectivity index (χ1v) is 4.94. The first-order chi connectivity index (χ1) is 8.30. The summed E-state index contributed by atoms with van der Waals surface area (Å²) in [6.45, 7) is -0.571. The van der Waals surface area contributed by atoms with Gasteiger partial charge in [-0.3, -0.25) is 14.5 Å². The Kier molecular flexibility index (Phi) is 2.76. The van der Waals surface area contributed by atoms with Crippen molar-refractivity contribution in [3.63, 3.8) is 0 Å². The number of aromatic nitrogens is 2. The van der Waals surface area contributed by atoms with Crippen LogP contribution in [-0.2, 0) is 16.1 Å². The number of alkyl halides is 3. The number of carboxylic acids is 1. The van der Waals surface area contributed by atoms with Gasteiger partial charge in [-0.05, 0) is 0 Å². The standard InChI is InChI=1S/C9H8F3N3O3/c10-9(11,12)8(18)14-3-5(7(16)17)4-15-6(14)1-2-13-15/h1-2,5H,3-4H2,(H,16,17). The monoisotopic (exact) mass is 263 g/mol. The normalized spacial score (nSPS) is 19.5. The molecule has 0 spiro atoms. The van der Waals surface area contributed by atoms with Gasteiger partial charge in [-0.25, -0.2) is 4.68 Å². The third kappa shape index (κ3) is 2.03. The number of fused-ring (bicyclic) bond motifs is 1. The number of hydrogen-bond donors (Lipinski definition) is 1. The van der Waals surface area contributed by atoms with E-state index >= 15 is 0 Å². The van der Waals surface area contributed by atoms with Crippen LogP contribution in [0.3, 0.4) is 0 Å². The second-order valence-corrected chi connectivity index (χ2v) is 3.82. The predicted octanol–water partition coefficient (Wildman–Crippen LogP) is 0.493. The quantitative estimate of drug-likeness (QED) is 0.800. The van der Waals surface area contributed by atoms with Crippen molar-refractivity contribution in [3.05, 3.63) is 12.3 Å². The van der Waals surface area contributed by atoms with Crippen molar-refractivity contribution in [3.8, 4) is 0 Å². The minimum atomic E-state index is -5.05. The molecule has 2 rings (SSSR count). The number of aliphatic carboxylic acids is 1. The topological polar surface area (TPSA) is 75.4 Å². The molecule has 1 atom stereocenters. The minimum Gasteiger partial charge on any atom is -0.481 e. The molecule has 1 aromatic heterocycles. The highest BCUT2D eigenvalue weighted by Crippen LogP contribution is 2.28. The average Bonchev–Trinajstić information content (AvgIpc) is 2.73. The van der Waals surface area contributed by atoms with Gasteiger partial charge >= 0.3 is 18.1 Å². The van der Waals surface area contributed by atoms with E-state index in [1.165, 1.54) is 12.3 Å². The first-order valence-electron chi connectivity index (χ1n) is 4.94. The van der Waals surface area contributed by atoms with Crippen molar-refractivity contribution in [1.82, 2.24) is 9.78 Å². The van der Waals surface area contributed by atoms with E-state index in [1.54, 1.807) is 0 Å². The number of halogens is 3. The molecule has 98 valence electrons. The highest BCUT2D eigenvalue weighted by Gasteiger charge is 2.46. The van der Waals surface area contributed by atoms with Gasteiger partial charge < -0.3 is 5.11 Å². The molecular formula is C9H8F3N3O3. The minimum absolute atomic E-state index is 0.0465. The van der Waals surface area contributed by atoms with Gasteiger partial charge in [-0.2, -0.15) is 18.3 Å². The molecule has 1 N–H and O–H groups in total. The lowest BCUT2D eigenvalue weighted by Crippen LogP contribution is -2.49. The predicted molar refractivity (Wildman–Crippen MR) is 51.8 cm³/mol. The number of rotatable bonds is 1. The van der Waals surface area contributed by atoms with Gasteiger partial charge in [0.15, 0.2) is 0 Å². The molecule has 1 amide bonds. The highest BCUT2D eigenvalue weighted by molar-refractivity contribution is 5.97. The molecule has 6 nitrogen and oxygen atoms in total. The molecule has 0 aliphatic carbocycles. The summed E-state index contributed by atoms with van der Waals surface area (Å²) in [5.74, 6) is -4.51. The molecule has 0 fully saturated rings. The van der Waals surface area contributed by atoms with E-state index in [2.05, 4.69) is 5.10 Å². The molecule has 1 unspecified atom stereocenters. The lowest BCUT2D eigenvalue weighted by molar-refractivity contribution is -0.171. The summed E-state index contributed by atoms with van der Waals surface area (Å²) in [6, 6.07) is 1.24. The fourth-order valence-corrected chi connectivity index (χ4v) is 1.77. The third-order valence-corrected chi connectivity index (χ3v) is 2.60. The lowest BCUT2D eigenvalue weighted by atomic mass is 10.1. The fraction of sp³-hybridized carbons (Fsp3) is 0.444. The van der Waals surface area contributed by atoms with Gasteiger partial charge in [-0.1, -0.05) is 0 Å². The highest BCUT2D eigenvalue weighted by atomic mass is 19.4. The largest absolute Gasteiger partial charge is 0.481 e. The number of carbonyl (C=O) groups is 2. The van der Waals surface area contributed by atoms with E-state index in [9.17, 15) is 22.8 Å². The Morgan fingerprint density at radius 3 is 2.61 bits per heavy atom. The second-order valence-electron chi connectivity index (χ2n) is 3.82. The fourth-order valence-electron chi connectivity index (χ4n) is 1.77. The Hall–Kier alpha value is -2.06. The van der Waals surface area contributed by atoms with Crippen LogP contribution in [0.4, 0.5) is 19.0 Å². The van der Waals surface area contributed by atoms with Crippen molar-refractivity contribution < 1.29 is 27.9 Å². The maximum absolute atomic E-state index is 12.4. The molecule has 18 heavy (non-hydrogen) atoms. The van der Waals surface area contributed by atoms with Gasteiger partial charge in [-0.15, -0.1) is 0 Å². The Morgan fingerprint density at radius 2 is 2.06 bits per heavy atom. The van der Waals surface area contributed by atoms with E-state index in [0.717, 1.165) is 4.68 Å². The number of carbonyl (C=O) groups excluding carboxylic acids is 1. The van der Waals surface area contributed by atoms with Gasteiger partial charge in [0, 0.05) is 12.6 Å². The Labute approximate surface area is 98.6 Å².